The summed E-state index contributed by atoms with van der Waals surface area (Å²) < 4.78 is 7.05. The summed E-state index contributed by atoms with van der Waals surface area (Å²) in [6.07, 6.45) is 2.16. The zero-order valence-electron chi connectivity index (χ0n) is 17.0. The number of para-hydroxylation sites is 1. The number of carbonyl (C=O) groups excluding carboxylic acids is 1. The molecule has 0 radical (unpaired) electrons. The molecule has 0 fully saturated rings. The molecule has 1 aliphatic rings. The van der Waals surface area contributed by atoms with E-state index >= 15 is 0 Å². The van der Waals surface area contributed by atoms with Crippen molar-refractivity contribution in [1.29, 1.82) is 0 Å². The Morgan fingerprint density at radius 2 is 1.97 bits per heavy atom. The van der Waals surface area contributed by atoms with Crippen LogP contribution in [0.4, 0.5) is 0 Å². The Bertz CT molecular complexity index is 1330. The molecule has 6 nitrogen and oxygen atoms in total. The van der Waals surface area contributed by atoms with Crippen LogP contribution in [0.3, 0.4) is 0 Å². The fraction of sp³-hybridized carbons (Fsp3) is 0.208. The largest absolute Gasteiger partial charge is 0.493 e. The van der Waals surface area contributed by atoms with Crippen LogP contribution in [0.5, 0.6) is 5.75 Å². The zero-order chi connectivity index (χ0) is 21.4. The highest BCUT2D eigenvalue weighted by Crippen LogP contribution is 2.35. The molecule has 1 aliphatic heterocycles. The van der Waals surface area contributed by atoms with Crippen LogP contribution in [0.1, 0.15) is 22.9 Å². The molecule has 0 aliphatic carbocycles. The lowest BCUT2D eigenvalue weighted by atomic mass is 10.0. The number of amides is 1. The SMILES string of the molecule is Cc1sc2ncn(CC(=O)NC3CCOc4ccccc43)c(=O)c2c1-c1ccccc1. The van der Waals surface area contributed by atoms with E-state index in [1.165, 1.54) is 22.2 Å². The Morgan fingerprint density at radius 1 is 1.19 bits per heavy atom. The van der Waals surface area contributed by atoms with Crippen molar-refractivity contribution in [3.63, 3.8) is 0 Å². The lowest BCUT2D eigenvalue weighted by Crippen LogP contribution is -2.36. The van der Waals surface area contributed by atoms with Crippen LogP contribution in [-0.2, 0) is 11.3 Å². The summed E-state index contributed by atoms with van der Waals surface area (Å²) >= 11 is 1.50. The predicted octanol–water partition coefficient (Wildman–Crippen LogP) is 4.07. The highest BCUT2D eigenvalue weighted by atomic mass is 32.1. The minimum atomic E-state index is -0.224. The Morgan fingerprint density at radius 3 is 2.81 bits per heavy atom. The van der Waals surface area contributed by atoms with Gasteiger partial charge in [0.15, 0.2) is 0 Å². The van der Waals surface area contributed by atoms with Gasteiger partial charge in [-0.05, 0) is 18.6 Å². The summed E-state index contributed by atoms with van der Waals surface area (Å²) in [5.74, 6) is 0.568. The number of fused-ring (bicyclic) bond motifs is 2. The number of hydrogen-bond acceptors (Lipinski definition) is 5. The predicted molar refractivity (Wildman–Crippen MR) is 121 cm³/mol. The highest BCUT2D eigenvalue weighted by molar-refractivity contribution is 7.19. The molecular weight excluding hydrogens is 410 g/mol. The lowest BCUT2D eigenvalue weighted by molar-refractivity contribution is -0.122. The first kappa shape index (κ1) is 19.5. The van der Waals surface area contributed by atoms with Crippen molar-refractivity contribution in [3.05, 3.63) is 81.7 Å². The minimum Gasteiger partial charge on any atom is -0.493 e. The number of nitrogens with zero attached hydrogens (tertiary/aromatic N) is 2. The van der Waals surface area contributed by atoms with Crippen LogP contribution in [0.2, 0.25) is 0 Å². The van der Waals surface area contributed by atoms with Crippen molar-refractivity contribution >= 4 is 27.5 Å². The van der Waals surface area contributed by atoms with Gasteiger partial charge in [0, 0.05) is 22.4 Å². The van der Waals surface area contributed by atoms with E-state index in [1.54, 1.807) is 0 Å². The smallest absolute Gasteiger partial charge is 0.263 e. The van der Waals surface area contributed by atoms with Crippen LogP contribution in [0.15, 0.2) is 65.7 Å². The van der Waals surface area contributed by atoms with Crippen LogP contribution in [0.25, 0.3) is 21.3 Å². The van der Waals surface area contributed by atoms with Crippen molar-refractivity contribution in [2.45, 2.75) is 25.9 Å². The van der Waals surface area contributed by atoms with Gasteiger partial charge in [0.25, 0.3) is 5.56 Å². The first-order valence-corrected chi connectivity index (χ1v) is 11.0. The Labute approximate surface area is 183 Å². The molecule has 4 aromatic rings. The van der Waals surface area contributed by atoms with Gasteiger partial charge in [-0.2, -0.15) is 0 Å². The van der Waals surface area contributed by atoms with Gasteiger partial charge in [-0.15, -0.1) is 11.3 Å². The average molecular weight is 432 g/mol. The minimum absolute atomic E-state index is 0.0789. The van der Waals surface area contributed by atoms with Gasteiger partial charge in [0.1, 0.15) is 17.1 Å². The fourth-order valence-corrected chi connectivity index (χ4v) is 5.09. The van der Waals surface area contributed by atoms with E-state index in [0.29, 0.717) is 23.2 Å². The third-order valence-electron chi connectivity index (χ3n) is 5.52. The number of thiophene rings is 1. The molecule has 2 aromatic heterocycles. The van der Waals surface area contributed by atoms with Crippen molar-refractivity contribution < 1.29 is 9.53 Å². The summed E-state index contributed by atoms with van der Waals surface area (Å²) in [5.41, 5.74) is 2.64. The van der Waals surface area contributed by atoms with Gasteiger partial charge in [-0.25, -0.2) is 4.98 Å². The molecule has 7 heteroatoms. The van der Waals surface area contributed by atoms with Crippen LogP contribution >= 0.6 is 11.3 Å². The molecule has 0 saturated heterocycles. The summed E-state index contributed by atoms with van der Waals surface area (Å²) in [6.45, 7) is 2.46. The summed E-state index contributed by atoms with van der Waals surface area (Å²) in [4.78, 5) is 32.3. The number of ether oxygens (including phenoxy) is 1. The standard InChI is InChI=1S/C24H21N3O3S/c1-15-21(16-7-3-2-4-8-16)22-23(31-15)25-14-27(24(22)29)13-20(28)26-18-11-12-30-19-10-6-5-9-17(18)19/h2-10,14,18H,11-13H2,1H3,(H,26,28). The number of benzene rings is 2. The van der Waals surface area contributed by atoms with Crippen LogP contribution < -0.4 is 15.6 Å². The molecule has 5 rings (SSSR count). The van der Waals surface area contributed by atoms with Gasteiger partial charge < -0.3 is 10.1 Å². The topological polar surface area (TPSA) is 73.2 Å². The molecule has 1 atom stereocenters. The normalized spacial score (nSPS) is 15.3. The maximum Gasteiger partial charge on any atom is 0.263 e. The maximum absolute atomic E-state index is 13.3. The van der Waals surface area contributed by atoms with Crippen LogP contribution in [-0.4, -0.2) is 22.1 Å². The average Bonchev–Trinajstić information content (AvgIpc) is 3.13. The molecule has 0 spiro atoms. The Kier molecular flexibility index (Phi) is 5.03. The molecule has 3 heterocycles. The van der Waals surface area contributed by atoms with Crippen molar-refractivity contribution in [2.75, 3.05) is 6.61 Å². The first-order chi connectivity index (χ1) is 15.1. The Balaban J connectivity index is 1.45. The maximum atomic E-state index is 13.3. The van der Waals surface area contributed by atoms with E-state index in [1.807, 2.05) is 61.5 Å². The third-order valence-corrected chi connectivity index (χ3v) is 6.54. The second-order valence-corrected chi connectivity index (χ2v) is 8.76. The van der Waals surface area contributed by atoms with Gasteiger partial charge in [-0.1, -0.05) is 48.5 Å². The van der Waals surface area contributed by atoms with E-state index in [-0.39, 0.29) is 24.1 Å². The molecular formula is C24H21N3O3S. The lowest BCUT2D eigenvalue weighted by Gasteiger charge is -2.26. The monoisotopic (exact) mass is 431 g/mol. The van der Waals surface area contributed by atoms with Gasteiger partial charge in [0.05, 0.1) is 24.4 Å². The van der Waals surface area contributed by atoms with Crippen molar-refractivity contribution in [1.82, 2.24) is 14.9 Å². The van der Waals surface area contributed by atoms with Crippen molar-refractivity contribution in [3.8, 4) is 16.9 Å². The van der Waals surface area contributed by atoms with Gasteiger partial charge in [0.2, 0.25) is 5.91 Å². The number of aromatic nitrogens is 2. The Hall–Kier alpha value is -3.45. The molecule has 1 amide bonds. The third kappa shape index (κ3) is 3.61. The van der Waals surface area contributed by atoms with Gasteiger partial charge >= 0.3 is 0 Å². The summed E-state index contributed by atoms with van der Waals surface area (Å²) in [5, 5.41) is 3.62. The molecule has 0 bridgehead atoms. The molecule has 2 aromatic carbocycles. The molecule has 1 N–H and O–H groups in total. The molecule has 156 valence electrons. The van der Waals surface area contributed by atoms with E-state index in [2.05, 4.69) is 10.3 Å². The molecule has 31 heavy (non-hydrogen) atoms. The number of carbonyl (C=O) groups is 1. The molecule has 0 saturated carbocycles. The molecule has 1 unspecified atom stereocenters. The van der Waals surface area contributed by atoms with E-state index in [0.717, 1.165) is 27.3 Å². The zero-order valence-corrected chi connectivity index (χ0v) is 17.8. The van der Waals surface area contributed by atoms with Gasteiger partial charge in [-0.3, -0.25) is 14.2 Å². The summed E-state index contributed by atoms with van der Waals surface area (Å²) in [7, 11) is 0. The number of nitrogens with one attached hydrogen (secondary N) is 1. The van der Waals surface area contributed by atoms with E-state index in [9.17, 15) is 9.59 Å². The second-order valence-electron chi connectivity index (χ2n) is 7.55. The fourth-order valence-electron chi connectivity index (χ4n) is 4.09. The second kappa shape index (κ2) is 8.00. The van der Waals surface area contributed by atoms with Crippen LogP contribution in [0, 0.1) is 6.92 Å². The van der Waals surface area contributed by atoms with E-state index < -0.39 is 0 Å². The summed E-state index contributed by atoms with van der Waals surface area (Å²) in [6, 6.07) is 17.4. The number of aryl methyl sites for hydroxylation is 1. The van der Waals surface area contributed by atoms with Crippen molar-refractivity contribution in [2.24, 2.45) is 0 Å². The number of rotatable bonds is 4. The number of hydrogen-bond donors (Lipinski definition) is 1. The highest BCUT2D eigenvalue weighted by Gasteiger charge is 2.23. The first-order valence-electron chi connectivity index (χ1n) is 10.2. The van der Waals surface area contributed by atoms with E-state index in [4.69, 9.17) is 4.74 Å². The quantitative estimate of drug-likeness (QED) is 0.529.